The van der Waals surface area contributed by atoms with Crippen LogP contribution in [0.25, 0.3) is 22.2 Å². The average molecular weight is 433 g/mol. The lowest BCUT2D eigenvalue weighted by Gasteiger charge is -2.11. The van der Waals surface area contributed by atoms with Gasteiger partial charge in [0.2, 0.25) is 10.0 Å². The van der Waals surface area contributed by atoms with Gasteiger partial charge in [-0.15, -0.1) is 0 Å². The van der Waals surface area contributed by atoms with E-state index in [0.717, 1.165) is 5.56 Å². The number of nitrogens with zero attached hydrogens (tertiary/aromatic N) is 1. The van der Waals surface area contributed by atoms with Crippen LogP contribution in [0.4, 0.5) is 5.69 Å². The van der Waals surface area contributed by atoms with Crippen molar-refractivity contribution in [2.75, 3.05) is 12.4 Å². The number of amides is 1. The summed E-state index contributed by atoms with van der Waals surface area (Å²) in [5, 5.41) is 8.63. The Morgan fingerprint density at radius 1 is 0.968 bits per heavy atom. The number of ether oxygens (including phenoxy) is 1. The summed E-state index contributed by atoms with van der Waals surface area (Å²) in [6.45, 7) is 0. The predicted molar refractivity (Wildman–Crippen MR) is 119 cm³/mol. The summed E-state index contributed by atoms with van der Waals surface area (Å²) < 4.78 is 28.1. The van der Waals surface area contributed by atoms with Crippen LogP contribution in [0.15, 0.2) is 83.8 Å². The number of para-hydroxylation sites is 1. The Bertz CT molecular complexity index is 1380. The van der Waals surface area contributed by atoms with Crippen molar-refractivity contribution in [3.05, 3.63) is 84.4 Å². The van der Waals surface area contributed by atoms with E-state index in [1.165, 1.54) is 24.3 Å². The normalized spacial score (nSPS) is 11.3. The van der Waals surface area contributed by atoms with E-state index in [1.807, 2.05) is 48.5 Å². The number of hydrogen-bond donors (Lipinski definition) is 2. The first kappa shape index (κ1) is 20.5. The molecular formula is C23H19N3O4S. The number of hydrogen-bond acceptors (Lipinski definition) is 5. The Balaban J connectivity index is 1.74. The van der Waals surface area contributed by atoms with Crippen LogP contribution in [0.5, 0.6) is 5.75 Å². The number of nitrogens with one attached hydrogen (secondary N) is 1. The summed E-state index contributed by atoms with van der Waals surface area (Å²) in [5.41, 5.74) is 3.02. The van der Waals surface area contributed by atoms with E-state index in [1.54, 1.807) is 13.2 Å². The van der Waals surface area contributed by atoms with Crippen molar-refractivity contribution in [1.82, 2.24) is 4.98 Å². The zero-order chi connectivity index (χ0) is 22.0. The molecule has 1 aromatic heterocycles. The Labute approximate surface area is 179 Å². The third-order valence-corrected chi connectivity index (χ3v) is 5.70. The Morgan fingerprint density at radius 2 is 1.71 bits per heavy atom. The quantitative estimate of drug-likeness (QED) is 0.497. The monoisotopic (exact) mass is 433 g/mol. The van der Waals surface area contributed by atoms with Gasteiger partial charge in [-0.1, -0.05) is 30.3 Å². The molecule has 0 fully saturated rings. The van der Waals surface area contributed by atoms with Crippen molar-refractivity contribution >= 4 is 32.5 Å². The Kier molecular flexibility index (Phi) is 5.41. The third kappa shape index (κ3) is 4.40. The van der Waals surface area contributed by atoms with Gasteiger partial charge in [0.25, 0.3) is 5.91 Å². The van der Waals surface area contributed by atoms with E-state index in [-0.39, 0.29) is 10.8 Å². The van der Waals surface area contributed by atoms with E-state index in [9.17, 15) is 13.2 Å². The highest BCUT2D eigenvalue weighted by Gasteiger charge is 2.15. The van der Waals surface area contributed by atoms with E-state index in [4.69, 9.17) is 14.9 Å². The van der Waals surface area contributed by atoms with Crippen molar-refractivity contribution < 1.29 is 17.9 Å². The van der Waals surface area contributed by atoms with E-state index >= 15 is 0 Å². The maximum absolute atomic E-state index is 13.1. The van der Waals surface area contributed by atoms with Crippen LogP contribution in [-0.4, -0.2) is 26.4 Å². The smallest absolute Gasteiger partial charge is 0.256 e. The molecule has 0 radical (unpaired) electrons. The van der Waals surface area contributed by atoms with Crippen molar-refractivity contribution in [2.45, 2.75) is 4.90 Å². The molecule has 0 atom stereocenters. The largest absolute Gasteiger partial charge is 0.497 e. The lowest BCUT2D eigenvalue weighted by atomic mass is 10.0. The van der Waals surface area contributed by atoms with Gasteiger partial charge in [0.15, 0.2) is 0 Å². The number of carbonyl (C=O) groups excluding carboxylic acids is 1. The van der Waals surface area contributed by atoms with Crippen LogP contribution >= 0.6 is 0 Å². The maximum atomic E-state index is 13.1. The van der Waals surface area contributed by atoms with Crippen LogP contribution in [0.3, 0.4) is 0 Å². The summed E-state index contributed by atoms with van der Waals surface area (Å²) in [6, 6.07) is 22.2. The van der Waals surface area contributed by atoms with Crippen molar-refractivity contribution in [3.63, 3.8) is 0 Å². The van der Waals surface area contributed by atoms with Crippen LogP contribution in [0.2, 0.25) is 0 Å². The number of primary sulfonamides is 1. The number of anilines is 1. The molecule has 0 unspecified atom stereocenters. The van der Waals surface area contributed by atoms with E-state index in [0.29, 0.717) is 33.6 Å². The number of sulfonamides is 1. The Morgan fingerprint density at radius 3 is 2.42 bits per heavy atom. The van der Waals surface area contributed by atoms with Crippen LogP contribution in [-0.2, 0) is 10.0 Å². The second kappa shape index (κ2) is 8.17. The highest BCUT2D eigenvalue weighted by Crippen LogP contribution is 2.28. The molecule has 0 aliphatic heterocycles. The first-order chi connectivity index (χ1) is 14.8. The summed E-state index contributed by atoms with van der Waals surface area (Å²) in [7, 11) is -2.21. The van der Waals surface area contributed by atoms with Gasteiger partial charge in [-0.3, -0.25) is 4.79 Å². The second-order valence-corrected chi connectivity index (χ2v) is 8.39. The molecule has 4 aromatic rings. The van der Waals surface area contributed by atoms with Gasteiger partial charge in [0.05, 0.1) is 28.8 Å². The molecule has 31 heavy (non-hydrogen) atoms. The number of methoxy groups -OCH3 is 1. The molecule has 3 N–H and O–H groups in total. The molecule has 0 saturated heterocycles. The fourth-order valence-corrected chi connectivity index (χ4v) is 3.74. The third-order valence-electron chi connectivity index (χ3n) is 4.77. The van der Waals surface area contributed by atoms with E-state index in [2.05, 4.69) is 5.32 Å². The van der Waals surface area contributed by atoms with Gasteiger partial charge in [0, 0.05) is 16.6 Å². The molecule has 0 spiro atoms. The summed E-state index contributed by atoms with van der Waals surface area (Å²) in [6.07, 6.45) is 0. The summed E-state index contributed by atoms with van der Waals surface area (Å²) in [5.74, 6) is 0.347. The van der Waals surface area contributed by atoms with Crippen LogP contribution in [0, 0.1) is 0 Å². The molecule has 3 aromatic carbocycles. The molecule has 156 valence electrons. The number of pyridine rings is 1. The van der Waals surface area contributed by atoms with Crippen LogP contribution in [0.1, 0.15) is 10.4 Å². The number of rotatable bonds is 5. The van der Waals surface area contributed by atoms with Gasteiger partial charge < -0.3 is 10.1 Å². The standard InChI is InChI=1S/C23H19N3O4S/c1-30-17-6-4-5-15(13-17)22-14-20(19-7-2-3-8-21(19)26-22)23(27)25-16-9-11-18(12-10-16)31(24,28)29/h2-14H,1H3,(H,25,27)(H2,24,28,29). The second-order valence-electron chi connectivity index (χ2n) is 6.83. The van der Waals surface area contributed by atoms with Gasteiger partial charge >= 0.3 is 0 Å². The molecule has 8 heteroatoms. The molecule has 7 nitrogen and oxygen atoms in total. The number of fused-ring (bicyclic) bond motifs is 1. The molecule has 0 bridgehead atoms. The minimum Gasteiger partial charge on any atom is -0.497 e. The predicted octanol–water partition coefficient (Wildman–Crippen LogP) is 3.81. The fourth-order valence-electron chi connectivity index (χ4n) is 3.22. The highest BCUT2D eigenvalue weighted by atomic mass is 32.2. The van der Waals surface area contributed by atoms with Gasteiger partial charge in [-0.2, -0.15) is 0 Å². The minimum atomic E-state index is -3.80. The molecule has 1 amide bonds. The summed E-state index contributed by atoms with van der Waals surface area (Å²) >= 11 is 0. The maximum Gasteiger partial charge on any atom is 0.256 e. The minimum absolute atomic E-state index is 0.0276. The van der Waals surface area contributed by atoms with E-state index < -0.39 is 10.0 Å². The summed E-state index contributed by atoms with van der Waals surface area (Å²) in [4.78, 5) is 17.8. The van der Waals surface area contributed by atoms with Gasteiger partial charge in [-0.25, -0.2) is 18.5 Å². The SMILES string of the molecule is COc1cccc(-c2cc(C(=O)Nc3ccc(S(N)(=O)=O)cc3)c3ccccc3n2)c1. The molecule has 0 aliphatic carbocycles. The molecule has 4 rings (SSSR count). The Hall–Kier alpha value is -3.75. The lowest BCUT2D eigenvalue weighted by molar-refractivity contribution is 0.102. The number of nitrogens with two attached hydrogens (primary N) is 1. The average Bonchev–Trinajstić information content (AvgIpc) is 2.78. The first-order valence-electron chi connectivity index (χ1n) is 9.33. The van der Waals surface area contributed by atoms with Crippen LogP contribution < -0.4 is 15.2 Å². The van der Waals surface area contributed by atoms with Crippen molar-refractivity contribution in [2.24, 2.45) is 5.14 Å². The van der Waals surface area contributed by atoms with Gasteiger partial charge in [0.1, 0.15) is 5.75 Å². The number of benzene rings is 3. The lowest BCUT2D eigenvalue weighted by Crippen LogP contribution is -2.14. The van der Waals surface area contributed by atoms with Crippen molar-refractivity contribution in [1.29, 1.82) is 0 Å². The molecule has 0 saturated carbocycles. The zero-order valence-electron chi connectivity index (χ0n) is 16.6. The zero-order valence-corrected chi connectivity index (χ0v) is 17.4. The molecular weight excluding hydrogens is 414 g/mol. The van der Waals surface area contributed by atoms with Gasteiger partial charge in [-0.05, 0) is 48.5 Å². The first-order valence-corrected chi connectivity index (χ1v) is 10.9. The highest BCUT2D eigenvalue weighted by molar-refractivity contribution is 7.89. The number of carbonyl (C=O) groups is 1. The molecule has 0 aliphatic rings. The van der Waals surface area contributed by atoms with Crippen molar-refractivity contribution in [3.8, 4) is 17.0 Å². The fraction of sp³-hybridized carbons (Fsp3) is 0.0435. The number of aromatic nitrogens is 1. The topological polar surface area (TPSA) is 111 Å². The molecule has 1 heterocycles.